The molecule has 0 aromatic heterocycles. The van der Waals surface area contributed by atoms with Crippen LogP contribution in [0.15, 0.2) is 66.3 Å². The van der Waals surface area contributed by atoms with E-state index in [2.05, 4.69) is 26.8 Å². The van der Waals surface area contributed by atoms with Crippen molar-refractivity contribution in [2.75, 3.05) is 13.7 Å². The van der Waals surface area contributed by atoms with Crippen LogP contribution >= 0.6 is 0 Å². The van der Waals surface area contributed by atoms with Crippen molar-refractivity contribution in [3.63, 3.8) is 0 Å². The normalized spacial score (nSPS) is 31.2. The van der Waals surface area contributed by atoms with Gasteiger partial charge in [-0.2, -0.15) is 0 Å². The molecule has 3 aliphatic rings. The van der Waals surface area contributed by atoms with E-state index in [4.69, 9.17) is 28.8 Å². The number of allylic oxidation sites excluding steroid dienone is 1. The van der Waals surface area contributed by atoms with Crippen LogP contribution in [0.25, 0.3) is 6.08 Å². The molecule has 7 heteroatoms. The number of epoxide rings is 2. The summed E-state index contributed by atoms with van der Waals surface area (Å²) >= 11 is 0. The number of aliphatic hydroxyl groups is 1. The summed E-state index contributed by atoms with van der Waals surface area (Å²) in [4.78, 5) is 12.8. The molecule has 1 spiro atoms. The van der Waals surface area contributed by atoms with Gasteiger partial charge >= 0.3 is 5.97 Å². The van der Waals surface area contributed by atoms with E-state index < -0.39 is 5.97 Å². The first-order valence-electron chi connectivity index (χ1n) is 13.6. The van der Waals surface area contributed by atoms with Gasteiger partial charge in [0.15, 0.2) is 0 Å². The summed E-state index contributed by atoms with van der Waals surface area (Å²) in [5.74, 6) is 0.955. The topological polar surface area (TPSA) is 90.1 Å². The molecular formula is C32H38O7. The maximum atomic E-state index is 12.8. The second kappa shape index (κ2) is 11.3. The Balaban J connectivity index is 1.19. The number of carbonyl (C=O) groups excluding carboxylic acids is 1. The van der Waals surface area contributed by atoms with E-state index in [1.807, 2.05) is 48.5 Å². The molecule has 208 valence electrons. The second-order valence-corrected chi connectivity index (χ2v) is 11.2. The number of hydrogen-bond acceptors (Lipinski definition) is 7. The Kier molecular flexibility index (Phi) is 7.96. The molecule has 5 rings (SSSR count). The van der Waals surface area contributed by atoms with Gasteiger partial charge in [-0.15, -0.1) is 0 Å². The van der Waals surface area contributed by atoms with Crippen molar-refractivity contribution in [1.82, 2.24) is 0 Å². The van der Waals surface area contributed by atoms with Crippen LogP contribution in [0.4, 0.5) is 0 Å². The summed E-state index contributed by atoms with van der Waals surface area (Å²) in [5, 5.41) is 9.17. The van der Waals surface area contributed by atoms with Crippen molar-refractivity contribution >= 4 is 12.0 Å². The van der Waals surface area contributed by atoms with Gasteiger partial charge in [0.2, 0.25) is 0 Å². The fourth-order valence-electron chi connectivity index (χ4n) is 5.87. The molecule has 6 atom stereocenters. The summed E-state index contributed by atoms with van der Waals surface area (Å²) in [6, 6.07) is 14.7. The van der Waals surface area contributed by atoms with Gasteiger partial charge in [0.25, 0.3) is 0 Å². The van der Waals surface area contributed by atoms with Gasteiger partial charge in [-0.1, -0.05) is 35.9 Å². The predicted octanol–water partition coefficient (Wildman–Crippen LogP) is 5.60. The van der Waals surface area contributed by atoms with E-state index in [-0.39, 0.29) is 42.0 Å². The van der Waals surface area contributed by atoms with E-state index >= 15 is 0 Å². The third kappa shape index (κ3) is 6.12. The van der Waals surface area contributed by atoms with E-state index in [0.29, 0.717) is 24.5 Å². The number of esters is 1. The molecule has 1 aliphatic carbocycles. The van der Waals surface area contributed by atoms with Crippen LogP contribution in [-0.4, -0.2) is 54.3 Å². The summed E-state index contributed by atoms with van der Waals surface area (Å²) in [5.41, 5.74) is 2.33. The first-order valence-corrected chi connectivity index (χ1v) is 13.6. The maximum Gasteiger partial charge on any atom is 0.331 e. The van der Waals surface area contributed by atoms with E-state index in [1.54, 1.807) is 13.2 Å². The third-order valence-electron chi connectivity index (χ3n) is 8.14. The predicted molar refractivity (Wildman–Crippen MR) is 147 cm³/mol. The molecule has 2 aromatic carbocycles. The number of hydrogen-bond donors (Lipinski definition) is 1. The Labute approximate surface area is 230 Å². The van der Waals surface area contributed by atoms with Gasteiger partial charge in [0.05, 0.1) is 25.2 Å². The lowest BCUT2D eigenvalue weighted by Crippen LogP contribution is -2.55. The van der Waals surface area contributed by atoms with Gasteiger partial charge < -0.3 is 28.8 Å². The SMILES string of the molecule is CO[C@@H]1[C@H](OC(=O)C=Cc2ccc(Oc3ccc(CO)cc3)cc2)CC[C@]2(CO2)[C@H]1[C@@]1(C)O[C@@H]1CC=C(C)C. The van der Waals surface area contributed by atoms with Gasteiger partial charge in [0.1, 0.15) is 34.9 Å². The number of aliphatic hydroxyl groups excluding tert-OH is 1. The first kappa shape index (κ1) is 27.6. The van der Waals surface area contributed by atoms with Crippen molar-refractivity contribution in [2.45, 2.75) is 76.2 Å². The molecule has 1 N–H and O–H groups in total. The molecular weight excluding hydrogens is 496 g/mol. The highest BCUT2D eigenvalue weighted by atomic mass is 16.6. The average molecular weight is 535 g/mol. The third-order valence-corrected chi connectivity index (χ3v) is 8.14. The van der Waals surface area contributed by atoms with Crippen molar-refractivity contribution in [3.8, 4) is 11.5 Å². The van der Waals surface area contributed by atoms with Crippen LogP contribution in [0.2, 0.25) is 0 Å². The number of rotatable bonds is 10. The smallest absolute Gasteiger partial charge is 0.331 e. The fraction of sp³-hybridized carbons (Fsp3) is 0.469. The highest BCUT2D eigenvalue weighted by Gasteiger charge is 2.72. The van der Waals surface area contributed by atoms with Crippen LogP contribution < -0.4 is 4.74 Å². The lowest BCUT2D eigenvalue weighted by molar-refractivity contribution is -0.166. The molecule has 0 radical (unpaired) electrons. The Morgan fingerprint density at radius 2 is 1.77 bits per heavy atom. The molecule has 0 amide bonds. The monoisotopic (exact) mass is 534 g/mol. The standard InChI is InChI=1S/C32H38O7/c1-21(2)5-15-27-31(3,39-27)30-29(35-4)26(17-18-32(30)20-36-32)38-28(34)16-10-22-6-11-24(12-7-22)37-25-13-8-23(19-33)9-14-25/h5-14,16,26-27,29-30,33H,15,17-20H2,1-4H3/t26-,27-,29-,30-,31+,32+/m1/s1. The molecule has 3 fully saturated rings. The Bertz CT molecular complexity index is 1210. The first-order chi connectivity index (χ1) is 18.8. The zero-order valence-electron chi connectivity index (χ0n) is 23.1. The lowest BCUT2D eigenvalue weighted by atomic mass is 9.68. The number of benzene rings is 2. The Morgan fingerprint density at radius 1 is 1.10 bits per heavy atom. The van der Waals surface area contributed by atoms with Crippen molar-refractivity contribution < 1.29 is 33.6 Å². The quantitative estimate of drug-likeness (QED) is 0.184. The molecule has 2 aliphatic heterocycles. The zero-order valence-corrected chi connectivity index (χ0v) is 23.1. The summed E-state index contributed by atoms with van der Waals surface area (Å²) in [7, 11) is 1.68. The highest BCUT2D eigenvalue weighted by molar-refractivity contribution is 5.87. The van der Waals surface area contributed by atoms with Crippen molar-refractivity contribution in [1.29, 1.82) is 0 Å². The summed E-state index contributed by atoms with van der Waals surface area (Å²) in [6.07, 6.45) is 7.19. The number of ether oxygens (including phenoxy) is 5. The summed E-state index contributed by atoms with van der Waals surface area (Å²) < 4.78 is 30.0. The minimum absolute atomic E-state index is 0.00272. The minimum atomic E-state index is -0.402. The van der Waals surface area contributed by atoms with E-state index in [1.165, 1.54) is 11.6 Å². The van der Waals surface area contributed by atoms with Crippen LogP contribution in [0.1, 0.15) is 51.2 Å². The molecule has 7 nitrogen and oxygen atoms in total. The number of methoxy groups -OCH3 is 1. The van der Waals surface area contributed by atoms with Gasteiger partial charge in [-0.05, 0) is 81.5 Å². The zero-order chi connectivity index (χ0) is 27.6. The van der Waals surface area contributed by atoms with Crippen LogP contribution in [0, 0.1) is 5.92 Å². The maximum absolute atomic E-state index is 12.8. The van der Waals surface area contributed by atoms with E-state index in [0.717, 1.165) is 24.0 Å². The molecule has 1 saturated carbocycles. The van der Waals surface area contributed by atoms with Crippen molar-refractivity contribution in [3.05, 3.63) is 77.4 Å². The lowest BCUT2D eigenvalue weighted by Gasteiger charge is -2.42. The largest absolute Gasteiger partial charge is 0.457 e. The van der Waals surface area contributed by atoms with Crippen molar-refractivity contribution in [2.24, 2.45) is 5.92 Å². The molecule has 2 saturated heterocycles. The fourth-order valence-corrected chi connectivity index (χ4v) is 5.87. The average Bonchev–Trinajstić information content (AvgIpc) is 3.85. The minimum Gasteiger partial charge on any atom is -0.457 e. The second-order valence-electron chi connectivity index (χ2n) is 11.2. The van der Waals surface area contributed by atoms with Crippen LogP contribution in [0.5, 0.6) is 11.5 Å². The molecule has 0 unspecified atom stereocenters. The molecule has 0 bridgehead atoms. The molecule has 2 aromatic rings. The molecule has 39 heavy (non-hydrogen) atoms. The summed E-state index contributed by atoms with van der Waals surface area (Å²) in [6.45, 7) is 7.01. The van der Waals surface area contributed by atoms with E-state index in [9.17, 15) is 4.79 Å². The number of carbonyl (C=O) groups is 1. The van der Waals surface area contributed by atoms with Gasteiger partial charge in [0, 0.05) is 13.2 Å². The van der Waals surface area contributed by atoms with Crippen LogP contribution in [0.3, 0.4) is 0 Å². The molecule has 2 heterocycles. The van der Waals surface area contributed by atoms with Gasteiger partial charge in [-0.3, -0.25) is 0 Å². The van der Waals surface area contributed by atoms with Gasteiger partial charge in [-0.25, -0.2) is 4.79 Å². The van der Waals surface area contributed by atoms with Crippen LogP contribution in [-0.2, 0) is 30.3 Å². The Morgan fingerprint density at radius 3 is 2.36 bits per heavy atom. The highest BCUT2D eigenvalue weighted by Crippen LogP contribution is 2.59. The Hall–Kier alpha value is -2.97.